The fourth-order valence-electron chi connectivity index (χ4n) is 1.95. The Kier molecular flexibility index (Phi) is 6.24. The van der Waals surface area contributed by atoms with Crippen molar-refractivity contribution in [3.63, 3.8) is 0 Å². The Morgan fingerprint density at radius 3 is 2.30 bits per heavy atom. The maximum atomic E-state index is 11.1. The van der Waals surface area contributed by atoms with Crippen LogP contribution in [0.15, 0.2) is 12.1 Å². The van der Waals surface area contributed by atoms with E-state index in [9.17, 15) is 15.2 Å². The highest BCUT2D eigenvalue weighted by molar-refractivity contribution is 5.55. The predicted octanol–water partition coefficient (Wildman–Crippen LogP) is 3.23. The van der Waals surface area contributed by atoms with Crippen LogP contribution >= 0.6 is 0 Å². The van der Waals surface area contributed by atoms with Gasteiger partial charge in [0.1, 0.15) is 5.75 Å². The minimum Gasteiger partial charge on any atom is -0.493 e. The van der Waals surface area contributed by atoms with Gasteiger partial charge in [-0.1, -0.05) is 13.3 Å². The summed E-state index contributed by atoms with van der Waals surface area (Å²) in [4.78, 5) is 10.6. The number of hydrogen-bond acceptors (Lipinski definition) is 5. The molecule has 1 aromatic rings. The Balaban J connectivity index is 3.32. The van der Waals surface area contributed by atoms with E-state index in [0.29, 0.717) is 30.9 Å². The van der Waals surface area contributed by atoms with Gasteiger partial charge in [-0.3, -0.25) is 10.1 Å². The number of rotatable bonds is 8. The molecule has 0 aliphatic carbocycles. The molecule has 0 saturated carbocycles. The Morgan fingerprint density at radius 2 is 1.80 bits per heavy atom. The lowest BCUT2D eigenvalue weighted by Gasteiger charge is -2.16. The molecule has 0 heterocycles. The van der Waals surface area contributed by atoms with Crippen molar-refractivity contribution >= 4 is 5.69 Å². The van der Waals surface area contributed by atoms with Crippen LogP contribution in [0.1, 0.15) is 45.3 Å². The van der Waals surface area contributed by atoms with E-state index in [2.05, 4.69) is 0 Å². The number of aliphatic hydroxyl groups excluding tert-OH is 1. The minimum absolute atomic E-state index is 0.152. The molecule has 20 heavy (non-hydrogen) atoms. The Bertz CT molecular complexity index is 461. The quantitative estimate of drug-likeness (QED) is 0.585. The molecule has 0 aliphatic heterocycles. The lowest BCUT2D eigenvalue weighted by Crippen LogP contribution is -2.06. The first-order chi connectivity index (χ1) is 9.54. The van der Waals surface area contributed by atoms with Crippen LogP contribution in [0, 0.1) is 10.1 Å². The standard InChI is InChI=1S/C14H21NO5/c1-4-7-12(16)10-8-11(15(17)18)14(20-6-3)9-13(10)19-5-2/h8-9,12,16H,4-7H2,1-3H3. The third kappa shape index (κ3) is 3.84. The summed E-state index contributed by atoms with van der Waals surface area (Å²) in [7, 11) is 0. The van der Waals surface area contributed by atoms with Crippen molar-refractivity contribution in [3.8, 4) is 11.5 Å². The van der Waals surface area contributed by atoms with E-state index < -0.39 is 11.0 Å². The van der Waals surface area contributed by atoms with Gasteiger partial charge in [0.25, 0.3) is 0 Å². The van der Waals surface area contributed by atoms with Crippen molar-refractivity contribution in [2.75, 3.05) is 13.2 Å². The summed E-state index contributed by atoms with van der Waals surface area (Å²) < 4.78 is 10.7. The summed E-state index contributed by atoms with van der Waals surface area (Å²) in [6.07, 6.45) is 0.509. The van der Waals surface area contributed by atoms with Crippen molar-refractivity contribution < 1.29 is 19.5 Å². The average Bonchev–Trinajstić information content (AvgIpc) is 2.39. The predicted molar refractivity (Wildman–Crippen MR) is 75.3 cm³/mol. The number of nitrogens with zero attached hydrogens (tertiary/aromatic N) is 1. The molecule has 112 valence electrons. The molecule has 6 heteroatoms. The van der Waals surface area contributed by atoms with E-state index in [-0.39, 0.29) is 11.4 Å². The van der Waals surface area contributed by atoms with Gasteiger partial charge in [-0.2, -0.15) is 0 Å². The molecule has 1 aromatic carbocycles. The molecule has 0 aromatic heterocycles. The summed E-state index contributed by atoms with van der Waals surface area (Å²) in [6, 6.07) is 2.83. The lowest BCUT2D eigenvalue weighted by molar-refractivity contribution is -0.386. The van der Waals surface area contributed by atoms with E-state index >= 15 is 0 Å². The van der Waals surface area contributed by atoms with Gasteiger partial charge < -0.3 is 14.6 Å². The molecule has 0 radical (unpaired) electrons. The minimum atomic E-state index is -0.782. The smallest absolute Gasteiger partial charge is 0.311 e. The van der Waals surface area contributed by atoms with Gasteiger partial charge in [-0.15, -0.1) is 0 Å². The van der Waals surface area contributed by atoms with Crippen LogP contribution in [0.4, 0.5) is 5.69 Å². The SMILES string of the molecule is CCCC(O)c1cc([N+](=O)[O-])c(OCC)cc1OCC. The van der Waals surface area contributed by atoms with E-state index in [1.165, 1.54) is 12.1 Å². The second-order valence-corrected chi connectivity index (χ2v) is 4.29. The van der Waals surface area contributed by atoms with Crippen LogP contribution < -0.4 is 9.47 Å². The number of nitro groups is 1. The normalized spacial score (nSPS) is 12.0. The second kappa shape index (κ2) is 7.69. The first-order valence-electron chi connectivity index (χ1n) is 6.81. The monoisotopic (exact) mass is 283 g/mol. The number of nitro benzene ring substituents is 1. The third-order valence-corrected chi connectivity index (χ3v) is 2.81. The summed E-state index contributed by atoms with van der Waals surface area (Å²) in [5, 5.41) is 21.2. The summed E-state index contributed by atoms with van der Waals surface area (Å²) in [5.74, 6) is 0.593. The van der Waals surface area contributed by atoms with E-state index in [0.717, 1.165) is 6.42 Å². The van der Waals surface area contributed by atoms with Crippen LogP contribution in [0.5, 0.6) is 11.5 Å². The van der Waals surface area contributed by atoms with Gasteiger partial charge in [0.15, 0.2) is 0 Å². The van der Waals surface area contributed by atoms with Crippen molar-refractivity contribution in [1.82, 2.24) is 0 Å². The van der Waals surface area contributed by atoms with Crippen LogP contribution in [0.3, 0.4) is 0 Å². The topological polar surface area (TPSA) is 81.8 Å². The molecule has 0 amide bonds. The molecule has 1 atom stereocenters. The maximum absolute atomic E-state index is 11.1. The number of ether oxygens (including phenoxy) is 2. The number of hydrogen-bond donors (Lipinski definition) is 1. The maximum Gasteiger partial charge on any atom is 0.311 e. The van der Waals surface area contributed by atoms with Gasteiger partial charge >= 0.3 is 5.69 Å². The molecule has 0 aliphatic rings. The average molecular weight is 283 g/mol. The first-order valence-corrected chi connectivity index (χ1v) is 6.81. The molecular formula is C14H21NO5. The molecule has 0 saturated heterocycles. The van der Waals surface area contributed by atoms with Crippen molar-refractivity contribution in [1.29, 1.82) is 0 Å². The van der Waals surface area contributed by atoms with Crippen LogP contribution in [0.25, 0.3) is 0 Å². The number of aliphatic hydroxyl groups is 1. The summed E-state index contributed by atoms with van der Waals surface area (Å²) >= 11 is 0. The Morgan fingerprint density at radius 1 is 1.20 bits per heavy atom. The molecule has 0 bridgehead atoms. The Hall–Kier alpha value is -1.82. The van der Waals surface area contributed by atoms with Crippen LogP contribution in [-0.4, -0.2) is 23.2 Å². The Labute approximate surface area is 118 Å². The van der Waals surface area contributed by atoms with Crippen LogP contribution in [-0.2, 0) is 0 Å². The largest absolute Gasteiger partial charge is 0.493 e. The highest BCUT2D eigenvalue weighted by Gasteiger charge is 2.23. The third-order valence-electron chi connectivity index (χ3n) is 2.81. The zero-order valence-electron chi connectivity index (χ0n) is 12.1. The van der Waals surface area contributed by atoms with Gasteiger partial charge in [0, 0.05) is 17.7 Å². The molecule has 0 spiro atoms. The van der Waals surface area contributed by atoms with Gasteiger partial charge in [0.2, 0.25) is 5.75 Å². The van der Waals surface area contributed by atoms with E-state index in [1.807, 2.05) is 13.8 Å². The molecule has 1 unspecified atom stereocenters. The molecule has 1 rings (SSSR count). The fraction of sp³-hybridized carbons (Fsp3) is 0.571. The zero-order chi connectivity index (χ0) is 15.1. The highest BCUT2D eigenvalue weighted by atomic mass is 16.6. The molecule has 0 fully saturated rings. The number of benzene rings is 1. The second-order valence-electron chi connectivity index (χ2n) is 4.29. The fourth-order valence-corrected chi connectivity index (χ4v) is 1.95. The van der Waals surface area contributed by atoms with Crippen molar-refractivity contribution in [2.45, 2.75) is 39.7 Å². The lowest BCUT2D eigenvalue weighted by atomic mass is 10.0. The molecular weight excluding hydrogens is 262 g/mol. The van der Waals surface area contributed by atoms with Crippen LogP contribution in [0.2, 0.25) is 0 Å². The van der Waals surface area contributed by atoms with Gasteiger partial charge in [-0.05, 0) is 20.3 Å². The van der Waals surface area contributed by atoms with E-state index in [1.54, 1.807) is 6.92 Å². The first kappa shape index (κ1) is 16.2. The summed E-state index contributed by atoms with van der Waals surface area (Å²) in [5.41, 5.74) is 0.282. The van der Waals surface area contributed by atoms with E-state index in [4.69, 9.17) is 9.47 Å². The van der Waals surface area contributed by atoms with Gasteiger partial charge in [-0.25, -0.2) is 0 Å². The zero-order valence-corrected chi connectivity index (χ0v) is 12.1. The highest BCUT2D eigenvalue weighted by Crippen LogP contribution is 2.38. The van der Waals surface area contributed by atoms with Crippen molar-refractivity contribution in [3.05, 3.63) is 27.8 Å². The molecule has 1 N–H and O–H groups in total. The summed E-state index contributed by atoms with van der Waals surface area (Å²) in [6.45, 7) is 6.24. The van der Waals surface area contributed by atoms with Gasteiger partial charge in [0.05, 0.1) is 24.2 Å². The van der Waals surface area contributed by atoms with Crippen molar-refractivity contribution in [2.24, 2.45) is 0 Å². The molecule has 6 nitrogen and oxygen atoms in total.